The van der Waals surface area contributed by atoms with E-state index in [1.807, 2.05) is 71.9 Å². The number of aliphatic hydroxyl groups excluding tert-OH is 1. The van der Waals surface area contributed by atoms with Crippen molar-refractivity contribution in [3.05, 3.63) is 35.9 Å². The van der Waals surface area contributed by atoms with Crippen LogP contribution in [0, 0.1) is 5.92 Å². The number of amides is 4. The maximum atomic E-state index is 13.2. The lowest BCUT2D eigenvalue weighted by Gasteiger charge is -2.36. The molecule has 0 bridgehead atoms. The van der Waals surface area contributed by atoms with Gasteiger partial charge in [-0.25, -0.2) is 4.79 Å². The molecule has 1 rings (SSSR count). The van der Waals surface area contributed by atoms with Crippen LogP contribution in [0.25, 0.3) is 0 Å². The first-order valence-corrected chi connectivity index (χ1v) is 13.6. The topological polar surface area (TPSA) is 114 Å². The fourth-order valence-electron chi connectivity index (χ4n) is 3.94. The lowest BCUT2D eigenvalue weighted by atomic mass is 10.00. The van der Waals surface area contributed by atoms with E-state index in [1.165, 1.54) is 4.90 Å². The van der Waals surface area contributed by atoms with Crippen molar-refractivity contribution in [2.75, 3.05) is 33.2 Å². The monoisotopic (exact) mass is 533 g/mol. The van der Waals surface area contributed by atoms with Gasteiger partial charge in [-0.2, -0.15) is 0 Å². The maximum absolute atomic E-state index is 13.2. The summed E-state index contributed by atoms with van der Waals surface area (Å²) >= 11 is 0. The van der Waals surface area contributed by atoms with E-state index < -0.39 is 23.2 Å². The van der Waals surface area contributed by atoms with Crippen molar-refractivity contribution in [2.45, 2.75) is 91.5 Å². The van der Waals surface area contributed by atoms with Gasteiger partial charge in [0.1, 0.15) is 6.54 Å². The molecule has 0 saturated heterocycles. The van der Waals surface area contributed by atoms with Crippen LogP contribution in [-0.4, -0.2) is 89.2 Å². The summed E-state index contributed by atoms with van der Waals surface area (Å²) in [5, 5.41) is 20.2. The number of benzene rings is 1. The van der Waals surface area contributed by atoms with Gasteiger partial charge < -0.3 is 30.9 Å². The second-order valence-corrected chi connectivity index (χ2v) is 12.4. The van der Waals surface area contributed by atoms with Crippen molar-refractivity contribution in [2.24, 2.45) is 5.92 Å². The molecule has 4 amide bonds. The summed E-state index contributed by atoms with van der Waals surface area (Å²) in [7, 11) is 1.69. The van der Waals surface area contributed by atoms with Gasteiger partial charge in [0, 0.05) is 17.6 Å². The molecule has 0 heterocycles. The van der Waals surface area contributed by atoms with Crippen LogP contribution in [0.4, 0.5) is 4.79 Å². The molecule has 0 aliphatic rings. The number of likely N-dealkylation sites (N-methyl/N-ethyl adjacent to an activating group) is 1. The number of rotatable bonds is 13. The van der Waals surface area contributed by atoms with Gasteiger partial charge in [-0.15, -0.1) is 0 Å². The highest BCUT2D eigenvalue weighted by molar-refractivity contribution is 5.86. The summed E-state index contributed by atoms with van der Waals surface area (Å²) in [4.78, 5) is 42.1. The lowest BCUT2D eigenvalue weighted by molar-refractivity contribution is -0.140. The average molecular weight is 534 g/mol. The van der Waals surface area contributed by atoms with Crippen molar-refractivity contribution >= 4 is 17.8 Å². The largest absolute Gasteiger partial charge is 0.389 e. The minimum atomic E-state index is -1.02. The Balaban J connectivity index is 3.15. The Hall–Kier alpha value is -2.65. The molecule has 0 aliphatic carbocycles. The quantitative estimate of drug-likeness (QED) is 0.311. The molecule has 1 aromatic rings. The Kier molecular flexibility index (Phi) is 13.2. The SMILES string of the molecule is CNCC(=O)N(CC(=O)NC(Cc1ccccc1)C(O)CN(CCC(C)C)C(=O)NC(C)(C)C)C(C)(C)C. The molecular formula is C29H51N5O4. The van der Waals surface area contributed by atoms with E-state index in [0.29, 0.717) is 18.9 Å². The van der Waals surface area contributed by atoms with Crippen molar-refractivity contribution in [1.29, 1.82) is 0 Å². The summed E-state index contributed by atoms with van der Waals surface area (Å²) in [6.07, 6.45) is 0.147. The van der Waals surface area contributed by atoms with Crippen LogP contribution in [0.5, 0.6) is 0 Å². The van der Waals surface area contributed by atoms with Gasteiger partial charge in [-0.1, -0.05) is 44.2 Å². The van der Waals surface area contributed by atoms with Gasteiger partial charge in [0.2, 0.25) is 11.8 Å². The van der Waals surface area contributed by atoms with E-state index in [0.717, 1.165) is 12.0 Å². The molecule has 0 fully saturated rings. The molecule has 4 N–H and O–H groups in total. The van der Waals surface area contributed by atoms with Crippen LogP contribution in [0.15, 0.2) is 30.3 Å². The Morgan fingerprint density at radius 1 is 1.00 bits per heavy atom. The molecule has 9 nitrogen and oxygen atoms in total. The van der Waals surface area contributed by atoms with Gasteiger partial charge >= 0.3 is 6.03 Å². The van der Waals surface area contributed by atoms with E-state index in [9.17, 15) is 19.5 Å². The van der Waals surface area contributed by atoms with Gasteiger partial charge in [0.25, 0.3) is 0 Å². The zero-order valence-electron chi connectivity index (χ0n) is 24.9. The minimum absolute atomic E-state index is 0.0636. The van der Waals surface area contributed by atoms with Crippen molar-refractivity contribution < 1.29 is 19.5 Å². The number of hydrogen-bond donors (Lipinski definition) is 4. The first kappa shape index (κ1) is 33.4. The minimum Gasteiger partial charge on any atom is -0.389 e. The average Bonchev–Trinajstić information content (AvgIpc) is 2.78. The summed E-state index contributed by atoms with van der Waals surface area (Å²) in [6, 6.07) is 8.69. The number of nitrogens with one attached hydrogen (secondary N) is 3. The van der Waals surface area contributed by atoms with Crippen LogP contribution in [0.3, 0.4) is 0 Å². The van der Waals surface area contributed by atoms with Crippen LogP contribution in [0.2, 0.25) is 0 Å². The molecule has 2 atom stereocenters. The Bertz CT molecular complexity index is 877. The van der Waals surface area contributed by atoms with Crippen LogP contribution >= 0.6 is 0 Å². The molecule has 0 aliphatic heterocycles. The van der Waals surface area contributed by atoms with E-state index in [4.69, 9.17) is 0 Å². The second-order valence-electron chi connectivity index (χ2n) is 12.4. The molecule has 0 aromatic heterocycles. The summed E-state index contributed by atoms with van der Waals surface area (Å²) in [5.41, 5.74) is -0.0347. The molecule has 0 radical (unpaired) electrons. The van der Waals surface area contributed by atoms with E-state index in [2.05, 4.69) is 29.8 Å². The van der Waals surface area contributed by atoms with Gasteiger partial charge in [-0.05, 0) is 72.9 Å². The smallest absolute Gasteiger partial charge is 0.317 e. The summed E-state index contributed by atoms with van der Waals surface area (Å²) < 4.78 is 0. The highest BCUT2D eigenvalue weighted by atomic mass is 16.3. The van der Waals surface area contributed by atoms with Crippen LogP contribution in [-0.2, 0) is 16.0 Å². The third-order valence-electron chi connectivity index (χ3n) is 6.00. The number of carbonyl (C=O) groups excluding carboxylic acids is 3. The lowest BCUT2D eigenvalue weighted by Crippen LogP contribution is -2.57. The predicted octanol–water partition coefficient (Wildman–Crippen LogP) is 2.78. The number of urea groups is 1. The Morgan fingerprint density at radius 2 is 1.61 bits per heavy atom. The third kappa shape index (κ3) is 12.7. The fourth-order valence-corrected chi connectivity index (χ4v) is 3.94. The molecule has 216 valence electrons. The second kappa shape index (κ2) is 15.1. The van der Waals surface area contributed by atoms with Crippen LogP contribution in [0.1, 0.15) is 67.4 Å². The van der Waals surface area contributed by atoms with Gasteiger partial charge in [-0.3, -0.25) is 9.59 Å². The van der Waals surface area contributed by atoms with E-state index in [-0.39, 0.29) is 37.5 Å². The van der Waals surface area contributed by atoms with E-state index >= 15 is 0 Å². The fraction of sp³-hybridized carbons (Fsp3) is 0.690. The molecule has 2 unspecified atom stereocenters. The first-order valence-electron chi connectivity index (χ1n) is 13.6. The van der Waals surface area contributed by atoms with Crippen molar-refractivity contribution in [1.82, 2.24) is 25.8 Å². The van der Waals surface area contributed by atoms with Crippen molar-refractivity contribution in [3.63, 3.8) is 0 Å². The molecule has 0 saturated carbocycles. The van der Waals surface area contributed by atoms with E-state index in [1.54, 1.807) is 11.9 Å². The standard InChI is InChI=1S/C29H51N5O4/c1-21(2)15-16-33(27(38)32-28(3,4)5)19-24(35)23(17-22-13-11-10-12-14-22)31-25(36)20-34(29(6,7)8)26(37)18-30-9/h10-14,21,23-24,30,35H,15-20H2,1-9H3,(H,31,36)(H,32,38). The normalized spacial score (nSPS) is 13.6. The first-order chi connectivity index (χ1) is 17.5. The summed E-state index contributed by atoms with van der Waals surface area (Å²) in [6.45, 7) is 16.1. The molecule has 9 heteroatoms. The molecular weight excluding hydrogens is 482 g/mol. The maximum Gasteiger partial charge on any atom is 0.317 e. The number of carbonyl (C=O) groups is 3. The molecule has 0 spiro atoms. The highest BCUT2D eigenvalue weighted by Crippen LogP contribution is 2.15. The number of aliphatic hydroxyl groups is 1. The zero-order valence-corrected chi connectivity index (χ0v) is 24.9. The molecule has 1 aromatic carbocycles. The Labute approximate surface area is 229 Å². The predicted molar refractivity (Wildman–Crippen MR) is 153 cm³/mol. The van der Waals surface area contributed by atoms with Gasteiger partial charge in [0.15, 0.2) is 0 Å². The third-order valence-corrected chi connectivity index (χ3v) is 6.00. The highest BCUT2D eigenvalue weighted by Gasteiger charge is 2.31. The zero-order chi connectivity index (χ0) is 29.1. The van der Waals surface area contributed by atoms with Gasteiger partial charge in [0.05, 0.1) is 25.2 Å². The van der Waals surface area contributed by atoms with Crippen LogP contribution < -0.4 is 16.0 Å². The number of hydrogen-bond acceptors (Lipinski definition) is 5. The molecule has 38 heavy (non-hydrogen) atoms. The number of nitrogens with zero attached hydrogens (tertiary/aromatic N) is 2. The van der Waals surface area contributed by atoms with Crippen molar-refractivity contribution in [3.8, 4) is 0 Å². The Morgan fingerprint density at radius 3 is 2.11 bits per heavy atom. The summed E-state index contributed by atoms with van der Waals surface area (Å²) in [5.74, 6) is -0.165.